The number of hydrogen-bond donors (Lipinski definition) is 2. The fourth-order valence-electron chi connectivity index (χ4n) is 1.89. The summed E-state index contributed by atoms with van der Waals surface area (Å²) in [5.74, 6) is -1.44. The summed E-state index contributed by atoms with van der Waals surface area (Å²) in [4.78, 5) is 11.0. The van der Waals surface area contributed by atoms with Crippen LogP contribution in [-0.2, 0) is 10.2 Å². The Labute approximate surface area is 109 Å². The molecule has 3 N–H and O–H groups in total. The van der Waals surface area contributed by atoms with Gasteiger partial charge >= 0.3 is 5.97 Å². The zero-order valence-electron chi connectivity index (χ0n) is 11.8. The Bertz CT molecular complexity index is 446. The lowest BCUT2D eigenvalue weighted by Gasteiger charge is -2.24. The molecule has 0 aliphatic carbocycles. The first kappa shape index (κ1) is 14.7. The third kappa shape index (κ3) is 3.10. The van der Waals surface area contributed by atoms with Crippen molar-refractivity contribution in [3.05, 3.63) is 34.9 Å². The molecule has 2 atom stereocenters. The van der Waals surface area contributed by atoms with Crippen molar-refractivity contribution in [1.82, 2.24) is 0 Å². The molecule has 100 valence electrons. The maximum atomic E-state index is 11.0. The smallest absolute Gasteiger partial charge is 0.308 e. The summed E-state index contributed by atoms with van der Waals surface area (Å²) in [6.07, 6.45) is 0. The predicted molar refractivity (Wildman–Crippen MR) is 73.6 cm³/mol. The summed E-state index contributed by atoms with van der Waals surface area (Å²) in [5, 5.41) is 9.05. The molecule has 0 radical (unpaired) electrons. The van der Waals surface area contributed by atoms with Crippen molar-refractivity contribution in [2.24, 2.45) is 11.7 Å². The van der Waals surface area contributed by atoms with Crippen LogP contribution >= 0.6 is 0 Å². The largest absolute Gasteiger partial charge is 0.481 e. The Balaban J connectivity index is 3.20. The van der Waals surface area contributed by atoms with Crippen LogP contribution in [0.5, 0.6) is 0 Å². The van der Waals surface area contributed by atoms with Gasteiger partial charge in [-0.25, -0.2) is 0 Å². The average molecular weight is 249 g/mol. The van der Waals surface area contributed by atoms with Gasteiger partial charge < -0.3 is 10.8 Å². The van der Waals surface area contributed by atoms with E-state index in [2.05, 4.69) is 26.8 Å². The third-order valence-electron chi connectivity index (χ3n) is 3.43. The van der Waals surface area contributed by atoms with E-state index in [0.717, 1.165) is 11.1 Å². The molecule has 1 aromatic rings. The van der Waals surface area contributed by atoms with Crippen molar-refractivity contribution in [3.63, 3.8) is 0 Å². The quantitative estimate of drug-likeness (QED) is 0.865. The van der Waals surface area contributed by atoms with Crippen molar-refractivity contribution >= 4 is 5.97 Å². The van der Waals surface area contributed by atoms with Gasteiger partial charge in [-0.15, -0.1) is 0 Å². The molecule has 1 aromatic carbocycles. The summed E-state index contributed by atoms with van der Waals surface area (Å²) in [7, 11) is 0. The van der Waals surface area contributed by atoms with Crippen LogP contribution in [0.15, 0.2) is 18.2 Å². The van der Waals surface area contributed by atoms with E-state index in [4.69, 9.17) is 10.8 Å². The molecule has 18 heavy (non-hydrogen) atoms. The standard InChI is InChI=1S/C15H23NO2/c1-9-6-7-11(15(3,4)5)8-12(9)13(16)10(2)14(17)18/h6-8,10,13H,16H2,1-5H3,(H,17,18). The number of carboxylic acids is 1. The number of aliphatic carboxylic acids is 1. The van der Waals surface area contributed by atoms with Gasteiger partial charge in [0.1, 0.15) is 0 Å². The van der Waals surface area contributed by atoms with E-state index in [9.17, 15) is 4.79 Å². The summed E-state index contributed by atoms with van der Waals surface area (Å²) in [6.45, 7) is 10.0. The van der Waals surface area contributed by atoms with Gasteiger partial charge in [-0.1, -0.05) is 45.9 Å². The van der Waals surface area contributed by atoms with Crippen LogP contribution in [0, 0.1) is 12.8 Å². The van der Waals surface area contributed by atoms with Crippen molar-refractivity contribution in [2.75, 3.05) is 0 Å². The molecule has 0 aromatic heterocycles. The molecule has 2 unspecified atom stereocenters. The lowest BCUT2D eigenvalue weighted by atomic mass is 9.83. The minimum absolute atomic E-state index is 0.0363. The second-order valence-corrected chi connectivity index (χ2v) is 5.97. The molecule has 0 saturated heterocycles. The minimum Gasteiger partial charge on any atom is -0.481 e. The molecule has 0 aliphatic heterocycles. The molecule has 1 rings (SSSR count). The van der Waals surface area contributed by atoms with Crippen LogP contribution < -0.4 is 5.73 Å². The molecule has 0 fully saturated rings. The number of hydrogen-bond acceptors (Lipinski definition) is 2. The van der Waals surface area contributed by atoms with Gasteiger partial charge in [0.25, 0.3) is 0 Å². The van der Waals surface area contributed by atoms with E-state index < -0.39 is 17.9 Å². The molecule has 0 spiro atoms. The zero-order chi connectivity index (χ0) is 14.1. The summed E-state index contributed by atoms with van der Waals surface area (Å²) < 4.78 is 0. The maximum Gasteiger partial charge on any atom is 0.308 e. The summed E-state index contributed by atoms with van der Waals surface area (Å²) in [5.41, 5.74) is 9.26. The molecule has 0 bridgehead atoms. The van der Waals surface area contributed by atoms with Gasteiger partial charge in [-0.05, 0) is 29.0 Å². The monoisotopic (exact) mass is 249 g/mol. The number of carbonyl (C=O) groups is 1. The second-order valence-electron chi connectivity index (χ2n) is 5.97. The van der Waals surface area contributed by atoms with Crippen LogP contribution in [0.25, 0.3) is 0 Å². The first-order valence-electron chi connectivity index (χ1n) is 6.24. The van der Waals surface area contributed by atoms with Crippen LogP contribution in [0.2, 0.25) is 0 Å². The third-order valence-corrected chi connectivity index (χ3v) is 3.43. The summed E-state index contributed by atoms with van der Waals surface area (Å²) in [6, 6.07) is 5.67. The van der Waals surface area contributed by atoms with E-state index in [1.165, 1.54) is 5.56 Å². The summed E-state index contributed by atoms with van der Waals surface area (Å²) >= 11 is 0. The predicted octanol–water partition coefficient (Wildman–Crippen LogP) is 3.01. The molecule has 0 aliphatic rings. The highest BCUT2D eigenvalue weighted by Gasteiger charge is 2.24. The SMILES string of the molecule is Cc1ccc(C(C)(C)C)cc1C(N)C(C)C(=O)O. The van der Waals surface area contributed by atoms with Gasteiger partial charge in [0.15, 0.2) is 0 Å². The number of benzene rings is 1. The Hall–Kier alpha value is -1.35. The van der Waals surface area contributed by atoms with Crippen molar-refractivity contribution in [1.29, 1.82) is 0 Å². The van der Waals surface area contributed by atoms with Crippen LogP contribution in [0.4, 0.5) is 0 Å². The van der Waals surface area contributed by atoms with Gasteiger partial charge in [0.2, 0.25) is 0 Å². The van der Waals surface area contributed by atoms with Crippen LogP contribution in [0.1, 0.15) is 50.4 Å². The number of carboxylic acid groups (broad SMARTS) is 1. The highest BCUT2D eigenvalue weighted by molar-refractivity contribution is 5.71. The van der Waals surface area contributed by atoms with E-state index in [-0.39, 0.29) is 5.41 Å². The van der Waals surface area contributed by atoms with Gasteiger partial charge in [-0.3, -0.25) is 4.79 Å². The lowest BCUT2D eigenvalue weighted by Crippen LogP contribution is -2.27. The van der Waals surface area contributed by atoms with Gasteiger partial charge in [0.05, 0.1) is 5.92 Å². The minimum atomic E-state index is -0.858. The Kier molecular flexibility index (Phi) is 4.17. The van der Waals surface area contributed by atoms with E-state index >= 15 is 0 Å². The first-order chi connectivity index (χ1) is 8.14. The number of nitrogens with two attached hydrogens (primary N) is 1. The molecule has 0 saturated carbocycles. The van der Waals surface area contributed by atoms with Crippen molar-refractivity contribution in [2.45, 2.75) is 46.1 Å². The Morgan fingerprint density at radius 1 is 1.33 bits per heavy atom. The first-order valence-corrected chi connectivity index (χ1v) is 6.24. The highest BCUT2D eigenvalue weighted by atomic mass is 16.4. The average Bonchev–Trinajstić information content (AvgIpc) is 2.26. The van der Waals surface area contributed by atoms with Crippen molar-refractivity contribution in [3.8, 4) is 0 Å². The van der Waals surface area contributed by atoms with Crippen molar-refractivity contribution < 1.29 is 9.90 Å². The van der Waals surface area contributed by atoms with E-state index in [0.29, 0.717) is 0 Å². The Morgan fingerprint density at radius 3 is 2.33 bits per heavy atom. The van der Waals surface area contributed by atoms with Gasteiger partial charge in [-0.2, -0.15) is 0 Å². The second kappa shape index (κ2) is 5.11. The fraction of sp³-hybridized carbons (Fsp3) is 0.533. The van der Waals surface area contributed by atoms with Gasteiger partial charge in [0, 0.05) is 6.04 Å². The molecule has 0 heterocycles. The van der Waals surface area contributed by atoms with Crippen LogP contribution in [0.3, 0.4) is 0 Å². The van der Waals surface area contributed by atoms with E-state index in [1.54, 1.807) is 6.92 Å². The fourth-order valence-corrected chi connectivity index (χ4v) is 1.89. The van der Waals surface area contributed by atoms with E-state index in [1.807, 2.05) is 19.1 Å². The molecular formula is C15H23NO2. The lowest BCUT2D eigenvalue weighted by molar-refractivity contribution is -0.141. The highest BCUT2D eigenvalue weighted by Crippen LogP contribution is 2.29. The Morgan fingerprint density at radius 2 is 1.89 bits per heavy atom. The molecule has 3 heteroatoms. The molecule has 0 amide bonds. The molecular weight excluding hydrogens is 226 g/mol. The number of aryl methyl sites for hydroxylation is 1. The molecule has 3 nitrogen and oxygen atoms in total. The topological polar surface area (TPSA) is 63.3 Å². The van der Waals surface area contributed by atoms with Crippen LogP contribution in [-0.4, -0.2) is 11.1 Å². The maximum absolute atomic E-state index is 11.0. The number of rotatable bonds is 3. The zero-order valence-corrected chi connectivity index (χ0v) is 11.8. The normalized spacial score (nSPS) is 15.2.